The number of rotatable bonds is 0. The number of hydrogen-bond acceptors (Lipinski definition) is 1. The molecule has 1 aliphatic heterocycles. The molecule has 2 nitrogen and oxygen atoms in total. The zero-order chi connectivity index (χ0) is 5.11. The van der Waals surface area contributed by atoms with Gasteiger partial charge in [0, 0.05) is 6.21 Å². The van der Waals surface area contributed by atoms with Crippen LogP contribution in [0.5, 0.6) is 0 Å². The van der Waals surface area contributed by atoms with Crippen molar-refractivity contribution in [1.29, 1.82) is 0 Å². The van der Waals surface area contributed by atoms with E-state index < -0.39 is 6.23 Å². The first-order chi connectivity index (χ1) is 3.39. The van der Waals surface area contributed by atoms with Crippen LogP contribution in [0.1, 0.15) is 19.3 Å². The highest BCUT2D eigenvalue weighted by molar-refractivity contribution is 5.57. The molecule has 7 heavy (non-hydrogen) atoms. The molecule has 0 aliphatic carbocycles. The molecule has 1 radical (unpaired) electrons. The molecule has 0 spiro atoms. The fourth-order valence-corrected chi connectivity index (χ4v) is 0.650. The molecule has 0 aromatic heterocycles. The summed E-state index contributed by atoms with van der Waals surface area (Å²) in [7, 11) is 0. The van der Waals surface area contributed by atoms with Crippen molar-refractivity contribution in [3.8, 4) is 0 Å². The minimum Gasteiger partial charge on any atom is -0.263 e. The van der Waals surface area contributed by atoms with Gasteiger partial charge in [-0.15, -0.1) is 0 Å². The molecule has 0 saturated carbocycles. The van der Waals surface area contributed by atoms with Crippen LogP contribution in [0.25, 0.3) is 0 Å². The molecule has 1 heterocycles. The number of nitrogens with zero attached hydrogens (tertiary/aromatic N) is 1. The van der Waals surface area contributed by atoms with Crippen molar-refractivity contribution < 1.29 is 5.11 Å². The molecule has 1 aliphatic rings. The van der Waals surface area contributed by atoms with Gasteiger partial charge in [0.05, 0.1) is 0 Å². The Bertz CT molecular complexity index is 80.1. The Labute approximate surface area is 42.9 Å². The van der Waals surface area contributed by atoms with E-state index in [0.29, 0.717) is 0 Å². The van der Waals surface area contributed by atoms with Crippen LogP contribution in [-0.4, -0.2) is 12.4 Å². The first-order valence-corrected chi connectivity index (χ1v) is 2.57. The van der Waals surface area contributed by atoms with Crippen LogP contribution in [0, 0.1) is 0 Å². The zero-order valence-corrected chi connectivity index (χ0v) is 4.13. The number of hydrogen-bond donors (Lipinski definition) is 0. The Morgan fingerprint density at radius 2 is 2.57 bits per heavy atom. The van der Waals surface area contributed by atoms with Gasteiger partial charge in [-0.3, -0.25) is 4.99 Å². The normalized spacial score (nSPS) is 30.7. The Hall–Kier alpha value is -0.370. The Balaban J connectivity index is 2.36. The van der Waals surface area contributed by atoms with Gasteiger partial charge < -0.3 is 0 Å². The summed E-state index contributed by atoms with van der Waals surface area (Å²) in [4.78, 5) is 3.65. The van der Waals surface area contributed by atoms with Crippen molar-refractivity contribution in [3.05, 3.63) is 0 Å². The molecule has 0 fully saturated rings. The molecular formula is C5H8NO. The molecule has 1 atom stereocenters. The van der Waals surface area contributed by atoms with E-state index in [9.17, 15) is 5.11 Å². The Kier molecular flexibility index (Phi) is 1.42. The van der Waals surface area contributed by atoms with Gasteiger partial charge in [-0.1, -0.05) is 0 Å². The third kappa shape index (κ3) is 1.27. The molecule has 0 bridgehead atoms. The largest absolute Gasteiger partial charge is 0.263 e. The van der Waals surface area contributed by atoms with E-state index in [1.54, 1.807) is 6.21 Å². The summed E-state index contributed by atoms with van der Waals surface area (Å²) < 4.78 is 0. The maximum absolute atomic E-state index is 10.3. The lowest BCUT2D eigenvalue weighted by molar-refractivity contribution is 0.0848. The van der Waals surface area contributed by atoms with Crippen molar-refractivity contribution >= 4 is 6.21 Å². The molecule has 1 rings (SSSR count). The van der Waals surface area contributed by atoms with E-state index in [-0.39, 0.29) is 0 Å². The second-order valence-corrected chi connectivity index (χ2v) is 1.72. The van der Waals surface area contributed by atoms with Gasteiger partial charge in [0.15, 0.2) is 6.23 Å². The molecule has 0 N–H and O–H groups in total. The van der Waals surface area contributed by atoms with Crippen LogP contribution < -0.4 is 0 Å². The minimum absolute atomic E-state index is 0.645. The van der Waals surface area contributed by atoms with E-state index in [1.807, 2.05) is 0 Å². The van der Waals surface area contributed by atoms with E-state index in [2.05, 4.69) is 4.99 Å². The lowest BCUT2D eigenvalue weighted by Crippen LogP contribution is -2.04. The van der Waals surface area contributed by atoms with Crippen molar-refractivity contribution in [3.63, 3.8) is 0 Å². The predicted molar refractivity (Wildman–Crippen MR) is 26.8 cm³/mol. The first kappa shape index (κ1) is 4.78. The fourth-order valence-electron chi connectivity index (χ4n) is 0.650. The van der Waals surface area contributed by atoms with Gasteiger partial charge in [-0.25, -0.2) is 5.11 Å². The molecule has 0 aromatic carbocycles. The lowest BCUT2D eigenvalue weighted by atomic mass is 10.2. The topological polar surface area (TPSA) is 32.3 Å². The van der Waals surface area contributed by atoms with Crippen molar-refractivity contribution in [2.75, 3.05) is 0 Å². The second-order valence-electron chi connectivity index (χ2n) is 1.72. The van der Waals surface area contributed by atoms with Crippen LogP contribution in [0.3, 0.4) is 0 Å². The smallest absolute Gasteiger partial charge is 0.182 e. The first-order valence-electron chi connectivity index (χ1n) is 2.57. The van der Waals surface area contributed by atoms with Crippen LogP contribution in [0.2, 0.25) is 0 Å². The summed E-state index contributed by atoms with van der Waals surface area (Å²) in [6, 6.07) is 0. The quantitative estimate of drug-likeness (QED) is 0.433. The summed E-state index contributed by atoms with van der Waals surface area (Å²) in [5.74, 6) is 0. The van der Waals surface area contributed by atoms with E-state index in [4.69, 9.17) is 0 Å². The molecular weight excluding hydrogens is 90.1 g/mol. The molecule has 0 saturated heterocycles. The van der Waals surface area contributed by atoms with Gasteiger partial charge in [-0.2, -0.15) is 0 Å². The van der Waals surface area contributed by atoms with Gasteiger partial charge in [0.25, 0.3) is 0 Å². The molecule has 39 valence electrons. The van der Waals surface area contributed by atoms with Crippen molar-refractivity contribution in [2.45, 2.75) is 25.5 Å². The maximum Gasteiger partial charge on any atom is 0.182 e. The standard InChI is InChI=1S/C5H8NO/c7-5-3-1-2-4-6-5/h4-5H,1-3H2. The summed E-state index contributed by atoms with van der Waals surface area (Å²) in [5.41, 5.74) is 0. The average Bonchev–Trinajstić information content (AvgIpc) is 1.69. The van der Waals surface area contributed by atoms with E-state index >= 15 is 0 Å². The minimum atomic E-state index is -0.645. The monoisotopic (exact) mass is 98.1 g/mol. The van der Waals surface area contributed by atoms with Gasteiger partial charge in [-0.05, 0) is 19.3 Å². The highest BCUT2D eigenvalue weighted by Crippen LogP contribution is 2.05. The Morgan fingerprint density at radius 3 is 2.86 bits per heavy atom. The van der Waals surface area contributed by atoms with E-state index in [0.717, 1.165) is 19.3 Å². The number of aliphatic imine (C=N–C) groups is 1. The maximum atomic E-state index is 10.3. The van der Waals surface area contributed by atoms with Crippen LogP contribution in [0.15, 0.2) is 4.99 Å². The Morgan fingerprint density at radius 1 is 1.71 bits per heavy atom. The molecule has 0 amide bonds. The van der Waals surface area contributed by atoms with Gasteiger partial charge in [0.2, 0.25) is 0 Å². The molecule has 2 heteroatoms. The highest BCUT2D eigenvalue weighted by Gasteiger charge is 2.03. The summed E-state index contributed by atoms with van der Waals surface area (Å²) in [6.07, 6.45) is 3.84. The second kappa shape index (κ2) is 2.07. The van der Waals surface area contributed by atoms with Gasteiger partial charge in [0.1, 0.15) is 0 Å². The highest BCUT2D eigenvalue weighted by atomic mass is 16.3. The summed E-state index contributed by atoms with van der Waals surface area (Å²) >= 11 is 0. The van der Waals surface area contributed by atoms with Crippen LogP contribution >= 0.6 is 0 Å². The average molecular weight is 98.1 g/mol. The zero-order valence-electron chi connectivity index (χ0n) is 4.13. The van der Waals surface area contributed by atoms with E-state index in [1.165, 1.54) is 0 Å². The van der Waals surface area contributed by atoms with Gasteiger partial charge >= 0.3 is 0 Å². The predicted octanol–water partition coefficient (Wildman–Crippen LogP) is 0.998. The van der Waals surface area contributed by atoms with Crippen LogP contribution in [0.4, 0.5) is 0 Å². The summed E-state index contributed by atoms with van der Waals surface area (Å²) in [6.45, 7) is 0. The summed E-state index contributed by atoms with van der Waals surface area (Å²) in [5, 5.41) is 10.3. The van der Waals surface area contributed by atoms with Crippen LogP contribution in [-0.2, 0) is 5.11 Å². The molecule has 1 unspecified atom stereocenters. The van der Waals surface area contributed by atoms with Crippen molar-refractivity contribution in [1.82, 2.24) is 0 Å². The fraction of sp³-hybridized carbons (Fsp3) is 0.800. The third-order valence-electron chi connectivity index (χ3n) is 1.06. The SMILES string of the molecule is [O]C1CCCC=N1. The van der Waals surface area contributed by atoms with Crippen molar-refractivity contribution in [2.24, 2.45) is 4.99 Å². The lowest BCUT2D eigenvalue weighted by Gasteiger charge is -2.04. The third-order valence-corrected chi connectivity index (χ3v) is 1.06. The molecule has 0 aromatic rings.